The lowest BCUT2D eigenvalue weighted by atomic mass is 9.91. The average molecular weight is 292 g/mol. The molecule has 1 saturated heterocycles. The zero-order valence-corrected chi connectivity index (χ0v) is 11.7. The molecule has 0 spiro atoms. The minimum absolute atomic E-state index is 0.362. The van der Waals surface area contributed by atoms with Gasteiger partial charge in [-0.2, -0.15) is 0 Å². The number of fused-ring (bicyclic) bond motifs is 1. The van der Waals surface area contributed by atoms with Gasteiger partial charge in [-0.15, -0.1) is 0 Å². The summed E-state index contributed by atoms with van der Waals surface area (Å²) in [5, 5.41) is 9.27. The maximum Gasteiger partial charge on any atom is 0.288 e. The molecule has 3 rings (SSSR count). The van der Waals surface area contributed by atoms with E-state index in [-0.39, 0.29) is 0 Å². The topological polar surface area (TPSA) is 77.9 Å². The van der Waals surface area contributed by atoms with Crippen LogP contribution in [-0.2, 0) is 15.2 Å². The van der Waals surface area contributed by atoms with Gasteiger partial charge in [-0.3, -0.25) is 19.3 Å². The first kappa shape index (κ1) is 13.1. The zero-order chi connectivity index (χ0) is 14.7. The number of thioether (sulfide) groups is 1. The van der Waals surface area contributed by atoms with Crippen molar-refractivity contribution in [3.8, 4) is 0 Å². The molecule has 0 bridgehead atoms. The van der Waals surface area contributed by atoms with Crippen molar-refractivity contribution < 1.29 is 19.5 Å². The van der Waals surface area contributed by atoms with E-state index in [9.17, 15) is 19.5 Å². The van der Waals surface area contributed by atoms with E-state index in [2.05, 4.69) is 0 Å². The molecule has 2 aliphatic heterocycles. The number of para-hydroxylation sites is 1. The van der Waals surface area contributed by atoms with Crippen molar-refractivity contribution in [2.45, 2.75) is 10.9 Å². The zero-order valence-electron chi connectivity index (χ0n) is 10.9. The van der Waals surface area contributed by atoms with Crippen molar-refractivity contribution in [2.24, 2.45) is 0 Å². The Labute approximate surface area is 119 Å². The van der Waals surface area contributed by atoms with Crippen LogP contribution in [0.2, 0.25) is 0 Å². The number of anilines is 1. The van der Waals surface area contributed by atoms with Crippen LogP contribution in [0.15, 0.2) is 24.3 Å². The monoisotopic (exact) mass is 292 g/mol. The number of amides is 3. The quantitative estimate of drug-likeness (QED) is 0.817. The largest absolute Gasteiger partial charge is 0.374 e. The third-order valence-electron chi connectivity index (χ3n) is 3.73. The minimum Gasteiger partial charge on any atom is -0.374 e. The van der Waals surface area contributed by atoms with Gasteiger partial charge in [0.1, 0.15) is 5.25 Å². The van der Waals surface area contributed by atoms with Gasteiger partial charge < -0.3 is 10.0 Å². The number of hydrogen-bond acceptors (Lipinski definition) is 5. The molecule has 0 aromatic heterocycles. The molecule has 2 aliphatic rings. The summed E-state index contributed by atoms with van der Waals surface area (Å²) in [6.07, 6.45) is 0. The Morgan fingerprint density at radius 1 is 1.15 bits per heavy atom. The van der Waals surface area contributed by atoms with Crippen LogP contribution < -0.4 is 4.90 Å². The Kier molecular flexibility index (Phi) is 2.67. The van der Waals surface area contributed by atoms with Gasteiger partial charge in [0, 0.05) is 19.7 Å². The van der Waals surface area contributed by atoms with Crippen molar-refractivity contribution in [1.29, 1.82) is 0 Å². The second-order valence-corrected chi connectivity index (χ2v) is 5.87. The molecule has 2 unspecified atom stereocenters. The van der Waals surface area contributed by atoms with E-state index in [1.165, 1.54) is 19.0 Å². The highest BCUT2D eigenvalue weighted by molar-refractivity contribution is 8.15. The third-order valence-corrected chi connectivity index (χ3v) is 4.99. The van der Waals surface area contributed by atoms with E-state index >= 15 is 0 Å². The molecule has 2 heterocycles. The van der Waals surface area contributed by atoms with Gasteiger partial charge in [0.05, 0.1) is 5.69 Å². The molecule has 0 aliphatic carbocycles. The predicted octanol–water partition coefficient (Wildman–Crippen LogP) is 0.544. The van der Waals surface area contributed by atoms with Crippen molar-refractivity contribution in [3.63, 3.8) is 0 Å². The maximum atomic E-state index is 12.4. The van der Waals surface area contributed by atoms with Crippen molar-refractivity contribution in [2.75, 3.05) is 19.0 Å². The number of rotatable bonds is 1. The van der Waals surface area contributed by atoms with Gasteiger partial charge in [-0.25, -0.2) is 0 Å². The van der Waals surface area contributed by atoms with Gasteiger partial charge in [0.25, 0.3) is 11.1 Å². The number of benzene rings is 1. The summed E-state index contributed by atoms with van der Waals surface area (Å²) in [6, 6.07) is 6.73. The first-order valence-corrected chi connectivity index (χ1v) is 6.85. The molecule has 1 fully saturated rings. The summed E-state index contributed by atoms with van der Waals surface area (Å²) in [5.74, 6) is -1.14. The van der Waals surface area contributed by atoms with E-state index in [0.717, 1.165) is 4.90 Å². The fourth-order valence-corrected chi connectivity index (χ4v) is 3.69. The molecule has 0 radical (unpaired) electrons. The van der Waals surface area contributed by atoms with E-state index in [1.807, 2.05) is 0 Å². The summed E-state index contributed by atoms with van der Waals surface area (Å²) in [4.78, 5) is 38.4. The lowest BCUT2D eigenvalue weighted by Crippen LogP contribution is -2.49. The molecule has 0 saturated carbocycles. The fraction of sp³-hybridized carbons (Fsp3) is 0.308. The van der Waals surface area contributed by atoms with E-state index in [1.54, 1.807) is 24.3 Å². The van der Waals surface area contributed by atoms with Crippen LogP contribution in [0, 0.1) is 0 Å². The normalized spacial score (nSPS) is 29.4. The Morgan fingerprint density at radius 3 is 2.40 bits per heavy atom. The van der Waals surface area contributed by atoms with Crippen molar-refractivity contribution in [3.05, 3.63) is 29.8 Å². The molecular weight excluding hydrogens is 280 g/mol. The minimum atomic E-state index is -1.99. The number of carbonyl (C=O) groups is 3. The van der Waals surface area contributed by atoms with Crippen molar-refractivity contribution in [1.82, 2.24) is 4.90 Å². The first-order valence-electron chi connectivity index (χ1n) is 5.97. The maximum absolute atomic E-state index is 12.4. The predicted molar refractivity (Wildman–Crippen MR) is 73.3 cm³/mol. The van der Waals surface area contributed by atoms with E-state index in [0.29, 0.717) is 23.0 Å². The Morgan fingerprint density at radius 2 is 1.80 bits per heavy atom. The summed E-state index contributed by atoms with van der Waals surface area (Å²) >= 11 is 0.687. The van der Waals surface area contributed by atoms with Crippen LogP contribution in [0.1, 0.15) is 5.56 Å². The summed E-state index contributed by atoms with van der Waals surface area (Å²) < 4.78 is 0. The number of imide groups is 1. The highest BCUT2D eigenvalue weighted by Crippen LogP contribution is 2.47. The van der Waals surface area contributed by atoms with Gasteiger partial charge in [0.15, 0.2) is 5.60 Å². The first-order chi connectivity index (χ1) is 9.39. The Balaban J connectivity index is 2.15. The van der Waals surface area contributed by atoms with Crippen LogP contribution in [0.25, 0.3) is 0 Å². The highest BCUT2D eigenvalue weighted by atomic mass is 32.2. The smallest absolute Gasteiger partial charge is 0.288 e. The Hall–Kier alpha value is -1.86. The summed E-state index contributed by atoms with van der Waals surface area (Å²) in [6.45, 7) is 0. The standard InChI is InChI=1S/C13H12N2O4S/c1-14-8-6-4-3-5-7(8)13(19,11(14)17)9-10(16)15(2)12(18)20-9/h3-6,9,19H,1-2H3. The second kappa shape index (κ2) is 4.07. The summed E-state index contributed by atoms with van der Waals surface area (Å²) in [7, 11) is 2.88. The molecule has 104 valence electrons. The Bertz CT molecular complexity index is 647. The molecular formula is C13H12N2O4S. The van der Waals surface area contributed by atoms with E-state index < -0.39 is 27.9 Å². The molecule has 1 aromatic carbocycles. The lowest BCUT2D eigenvalue weighted by Gasteiger charge is -2.25. The average Bonchev–Trinajstić information content (AvgIpc) is 2.82. The van der Waals surface area contributed by atoms with Gasteiger partial charge >= 0.3 is 0 Å². The van der Waals surface area contributed by atoms with E-state index in [4.69, 9.17) is 0 Å². The fourth-order valence-electron chi connectivity index (χ4n) is 2.58. The molecule has 6 nitrogen and oxygen atoms in total. The molecule has 20 heavy (non-hydrogen) atoms. The van der Waals surface area contributed by atoms with Gasteiger partial charge in [-0.1, -0.05) is 18.2 Å². The number of hydrogen-bond donors (Lipinski definition) is 1. The van der Waals surface area contributed by atoms with Crippen LogP contribution in [0.5, 0.6) is 0 Å². The van der Waals surface area contributed by atoms with Gasteiger partial charge in [0.2, 0.25) is 5.91 Å². The number of aliphatic hydroxyl groups is 1. The van der Waals surface area contributed by atoms with Gasteiger partial charge in [-0.05, 0) is 17.8 Å². The van der Waals surface area contributed by atoms with Crippen LogP contribution in [-0.4, -0.2) is 46.4 Å². The number of carbonyl (C=O) groups excluding carboxylic acids is 3. The number of nitrogens with zero attached hydrogens (tertiary/aromatic N) is 2. The van der Waals surface area contributed by atoms with Crippen LogP contribution in [0.4, 0.5) is 10.5 Å². The molecule has 1 N–H and O–H groups in total. The van der Waals surface area contributed by atoms with Crippen molar-refractivity contribution >= 4 is 34.5 Å². The van der Waals surface area contributed by atoms with Crippen LogP contribution in [0.3, 0.4) is 0 Å². The molecule has 2 atom stereocenters. The number of likely N-dealkylation sites (N-methyl/N-ethyl adjacent to an activating group) is 1. The highest BCUT2D eigenvalue weighted by Gasteiger charge is 2.60. The molecule has 1 aromatic rings. The SMILES string of the molecule is CN1C(=O)SC(C2(O)C(=O)N(C)c3ccccc32)C1=O. The lowest BCUT2D eigenvalue weighted by molar-refractivity contribution is -0.143. The second-order valence-electron chi connectivity index (χ2n) is 4.81. The van der Waals surface area contributed by atoms with Crippen LogP contribution >= 0.6 is 11.8 Å². The summed E-state index contributed by atoms with van der Waals surface area (Å²) in [5.41, 5.74) is -1.08. The third kappa shape index (κ3) is 1.41. The molecule has 7 heteroatoms. The molecule has 3 amide bonds.